The zero-order valence-corrected chi connectivity index (χ0v) is 14.7. The Bertz CT molecular complexity index is 896. The van der Waals surface area contributed by atoms with Crippen LogP contribution in [0.1, 0.15) is 27.0 Å². The van der Waals surface area contributed by atoms with Crippen LogP contribution in [0.3, 0.4) is 0 Å². The van der Waals surface area contributed by atoms with Gasteiger partial charge in [0.1, 0.15) is 22.8 Å². The minimum atomic E-state index is -1.01. The molecule has 1 N–H and O–H groups in total. The third kappa shape index (κ3) is 4.22. The van der Waals surface area contributed by atoms with Gasteiger partial charge in [-0.05, 0) is 60.9 Å². The van der Waals surface area contributed by atoms with Crippen LogP contribution in [-0.2, 0) is 6.42 Å². The highest BCUT2D eigenvalue weighted by molar-refractivity contribution is 5.91. The van der Waals surface area contributed by atoms with Crippen molar-refractivity contribution < 1.29 is 19.4 Å². The van der Waals surface area contributed by atoms with Crippen LogP contribution in [-0.4, -0.2) is 18.2 Å². The summed E-state index contributed by atoms with van der Waals surface area (Å²) in [5, 5.41) is 9.55. The molecule has 0 heterocycles. The molecule has 0 atom stereocenters. The van der Waals surface area contributed by atoms with E-state index in [-0.39, 0.29) is 5.56 Å². The van der Waals surface area contributed by atoms with E-state index in [0.717, 1.165) is 22.4 Å². The van der Waals surface area contributed by atoms with Crippen molar-refractivity contribution in [2.45, 2.75) is 13.3 Å². The second kappa shape index (κ2) is 7.74. The SMILES string of the molecule is COc1ccc(Cc2ccc(Oc3ccc(C)cc3)c(C(=O)O)c2)cc1. The van der Waals surface area contributed by atoms with Crippen LogP contribution in [0.15, 0.2) is 66.7 Å². The summed E-state index contributed by atoms with van der Waals surface area (Å²) in [6.07, 6.45) is 0.634. The molecule has 3 aromatic rings. The molecule has 26 heavy (non-hydrogen) atoms. The molecule has 0 unspecified atom stereocenters. The number of aryl methyl sites for hydroxylation is 1. The summed E-state index contributed by atoms with van der Waals surface area (Å²) in [5.74, 6) is 0.728. The average molecular weight is 348 g/mol. The van der Waals surface area contributed by atoms with Crippen molar-refractivity contribution in [1.29, 1.82) is 0 Å². The van der Waals surface area contributed by atoms with Gasteiger partial charge in [0.2, 0.25) is 0 Å². The number of methoxy groups -OCH3 is 1. The number of benzene rings is 3. The summed E-state index contributed by atoms with van der Waals surface area (Å²) < 4.78 is 10.9. The highest BCUT2D eigenvalue weighted by Crippen LogP contribution is 2.27. The Morgan fingerprint density at radius 3 is 2.12 bits per heavy atom. The van der Waals surface area contributed by atoms with Crippen LogP contribution in [0.25, 0.3) is 0 Å². The van der Waals surface area contributed by atoms with Gasteiger partial charge in [-0.2, -0.15) is 0 Å². The highest BCUT2D eigenvalue weighted by atomic mass is 16.5. The molecule has 0 spiro atoms. The molecule has 0 aliphatic carbocycles. The maximum absolute atomic E-state index is 11.7. The van der Waals surface area contributed by atoms with Crippen molar-refractivity contribution in [3.05, 3.63) is 89.0 Å². The largest absolute Gasteiger partial charge is 0.497 e. The van der Waals surface area contributed by atoms with E-state index in [1.165, 1.54) is 0 Å². The molecule has 0 amide bonds. The first kappa shape index (κ1) is 17.5. The Labute approximate surface area is 152 Å². The van der Waals surface area contributed by atoms with Crippen LogP contribution < -0.4 is 9.47 Å². The van der Waals surface area contributed by atoms with Crippen LogP contribution in [0.4, 0.5) is 0 Å². The lowest BCUT2D eigenvalue weighted by molar-refractivity contribution is 0.0694. The van der Waals surface area contributed by atoms with E-state index in [9.17, 15) is 9.90 Å². The molecule has 3 rings (SSSR count). The lowest BCUT2D eigenvalue weighted by atomic mass is 10.0. The first-order chi connectivity index (χ1) is 12.5. The Balaban J connectivity index is 1.83. The zero-order valence-electron chi connectivity index (χ0n) is 14.7. The van der Waals surface area contributed by atoms with Crippen LogP contribution >= 0.6 is 0 Å². The van der Waals surface area contributed by atoms with Crippen LogP contribution in [0.2, 0.25) is 0 Å². The van der Waals surface area contributed by atoms with Crippen molar-refractivity contribution in [3.63, 3.8) is 0 Å². The molecule has 3 aromatic carbocycles. The normalized spacial score (nSPS) is 10.4. The fourth-order valence-corrected chi connectivity index (χ4v) is 2.66. The fourth-order valence-electron chi connectivity index (χ4n) is 2.66. The zero-order chi connectivity index (χ0) is 18.5. The summed E-state index contributed by atoms with van der Waals surface area (Å²) in [6, 6.07) is 20.5. The van der Waals surface area contributed by atoms with E-state index < -0.39 is 5.97 Å². The van der Waals surface area contributed by atoms with Crippen molar-refractivity contribution >= 4 is 5.97 Å². The van der Waals surface area contributed by atoms with Gasteiger partial charge in [-0.25, -0.2) is 4.79 Å². The van der Waals surface area contributed by atoms with Gasteiger partial charge < -0.3 is 14.6 Å². The van der Waals surface area contributed by atoms with E-state index in [0.29, 0.717) is 17.9 Å². The van der Waals surface area contributed by atoms with Gasteiger partial charge in [-0.3, -0.25) is 0 Å². The summed E-state index contributed by atoms with van der Waals surface area (Å²) in [5.41, 5.74) is 3.25. The second-order valence-corrected chi connectivity index (χ2v) is 6.08. The molecule has 0 aromatic heterocycles. The van der Waals surface area contributed by atoms with Crippen molar-refractivity contribution in [2.75, 3.05) is 7.11 Å². The summed E-state index contributed by atoms with van der Waals surface area (Å²) in [6.45, 7) is 1.99. The minimum Gasteiger partial charge on any atom is -0.497 e. The van der Waals surface area contributed by atoms with Crippen molar-refractivity contribution in [1.82, 2.24) is 0 Å². The molecule has 0 aliphatic heterocycles. The molecule has 0 saturated heterocycles. The smallest absolute Gasteiger partial charge is 0.339 e. The molecular formula is C22H20O4. The molecule has 0 radical (unpaired) electrons. The number of carbonyl (C=O) groups is 1. The monoisotopic (exact) mass is 348 g/mol. The number of rotatable bonds is 6. The standard InChI is InChI=1S/C22H20O4/c1-15-3-8-19(9-4-15)26-21-12-7-17(14-20(21)22(23)24)13-16-5-10-18(25-2)11-6-16/h3-12,14H,13H2,1-2H3,(H,23,24). The Morgan fingerprint density at radius 2 is 1.50 bits per heavy atom. The Morgan fingerprint density at radius 1 is 0.885 bits per heavy atom. The molecule has 4 heteroatoms. The van der Waals surface area contributed by atoms with E-state index >= 15 is 0 Å². The second-order valence-electron chi connectivity index (χ2n) is 6.08. The van der Waals surface area contributed by atoms with Crippen molar-refractivity contribution in [3.8, 4) is 17.2 Å². The molecule has 0 bridgehead atoms. The summed E-state index contributed by atoms with van der Waals surface area (Å²) in [7, 11) is 1.63. The minimum absolute atomic E-state index is 0.150. The fraction of sp³-hybridized carbons (Fsp3) is 0.136. The number of ether oxygens (including phenoxy) is 2. The third-order valence-electron chi connectivity index (χ3n) is 4.09. The lowest BCUT2D eigenvalue weighted by Gasteiger charge is -2.11. The van der Waals surface area contributed by atoms with Gasteiger partial charge in [0.05, 0.1) is 7.11 Å². The van der Waals surface area contributed by atoms with E-state index in [2.05, 4.69) is 0 Å². The Hall–Kier alpha value is -3.27. The molecule has 0 saturated carbocycles. The van der Waals surface area contributed by atoms with Gasteiger partial charge in [-0.1, -0.05) is 35.9 Å². The number of hydrogen-bond donors (Lipinski definition) is 1. The van der Waals surface area contributed by atoms with Gasteiger partial charge in [0.25, 0.3) is 0 Å². The van der Waals surface area contributed by atoms with Crippen molar-refractivity contribution in [2.24, 2.45) is 0 Å². The highest BCUT2D eigenvalue weighted by Gasteiger charge is 2.13. The van der Waals surface area contributed by atoms with Crippen LogP contribution in [0, 0.1) is 6.92 Å². The predicted molar refractivity (Wildman–Crippen MR) is 100 cm³/mol. The maximum Gasteiger partial charge on any atom is 0.339 e. The Kier molecular flexibility index (Phi) is 5.23. The average Bonchev–Trinajstić information content (AvgIpc) is 2.65. The third-order valence-corrected chi connectivity index (χ3v) is 4.09. The number of carboxylic acids is 1. The van der Waals surface area contributed by atoms with Gasteiger partial charge in [0.15, 0.2) is 0 Å². The number of hydrogen-bond acceptors (Lipinski definition) is 3. The lowest BCUT2D eigenvalue weighted by Crippen LogP contribution is -2.02. The number of aromatic carboxylic acids is 1. The summed E-state index contributed by atoms with van der Waals surface area (Å²) >= 11 is 0. The molecule has 4 nitrogen and oxygen atoms in total. The topological polar surface area (TPSA) is 55.8 Å². The predicted octanol–water partition coefficient (Wildman–Crippen LogP) is 5.08. The van der Waals surface area contributed by atoms with Gasteiger partial charge in [0, 0.05) is 0 Å². The first-order valence-corrected chi connectivity index (χ1v) is 8.29. The maximum atomic E-state index is 11.7. The van der Waals surface area contributed by atoms with E-state index in [1.54, 1.807) is 19.2 Å². The first-order valence-electron chi connectivity index (χ1n) is 8.29. The molecule has 132 valence electrons. The van der Waals surface area contributed by atoms with Gasteiger partial charge in [-0.15, -0.1) is 0 Å². The van der Waals surface area contributed by atoms with Crippen LogP contribution in [0.5, 0.6) is 17.2 Å². The number of carboxylic acid groups (broad SMARTS) is 1. The molecular weight excluding hydrogens is 328 g/mol. The molecule has 0 aliphatic rings. The summed E-state index contributed by atoms with van der Waals surface area (Å²) in [4.78, 5) is 11.7. The van der Waals surface area contributed by atoms with E-state index in [1.807, 2.05) is 61.5 Å². The quantitative estimate of drug-likeness (QED) is 0.674. The van der Waals surface area contributed by atoms with Gasteiger partial charge >= 0.3 is 5.97 Å². The van der Waals surface area contributed by atoms with E-state index in [4.69, 9.17) is 9.47 Å². The molecule has 0 fully saturated rings.